The van der Waals surface area contributed by atoms with E-state index in [1.165, 1.54) is 31.5 Å². The molecule has 5 heterocycles. The molecule has 0 unspecified atom stereocenters. The third-order valence-corrected chi connectivity index (χ3v) is 6.40. The SMILES string of the molecule is N#Cc1cccnc1N1C[C@@H](c2ccccc2)[C@@H]2[C@H]1C1CCN2CC1. The summed E-state index contributed by atoms with van der Waals surface area (Å²) >= 11 is 0. The Hall–Kier alpha value is -2.38. The van der Waals surface area contributed by atoms with Crippen LogP contribution in [0.3, 0.4) is 0 Å². The average molecular weight is 330 g/mol. The van der Waals surface area contributed by atoms with E-state index in [4.69, 9.17) is 0 Å². The predicted molar refractivity (Wildman–Crippen MR) is 97.4 cm³/mol. The first kappa shape index (κ1) is 14.9. The summed E-state index contributed by atoms with van der Waals surface area (Å²) in [6, 6.07) is 18.0. The van der Waals surface area contributed by atoms with Crippen LogP contribution < -0.4 is 4.90 Å². The maximum atomic E-state index is 9.56. The number of fused-ring (bicyclic) bond motifs is 2. The Morgan fingerprint density at radius 2 is 1.80 bits per heavy atom. The lowest BCUT2D eigenvalue weighted by molar-refractivity contribution is 0.0354. The number of rotatable bonds is 2. The Morgan fingerprint density at radius 1 is 1.00 bits per heavy atom. The number of aromatic nitrogens is 1. The molecule has 6 rings (SSSR count). The first-order valence-electron chi connectivity index (χ1n) is 9.27. The van der Waals surface area contributed by atoms with E-state index in [0.29, 0.717) is 23.6 Å². The van der Waals surface area contributed by atoms with Crippen LogP contribution in [0.5, 0.6) is 0 Å². The van der Waals surface area contributed by atoms with Crippen LogP contribution in [0.15, 0.2) is 48.7 Å². The molecule has 0 N–H and O–H groups in total. The Morgan fingerprint density at radius 3 is 2.56 bits per heavy atom. The highest BCUT2D eigenvalue weighted by Crippen LogP contribution is 2.47. The van der Waals surface area contributed by atoms with Gasteiger partial charge in [0, 0.05) is 30.7 Å². The van der Waals surface area contributed by atoms with Crippen molar-refractivity contribution in [2.45, 2.75) is 30.8 Å². The van der Waals surface area contributed by atoms with Crippen LogP contribution in [0.4, 0.5) is 5.82 Å². The number of piperidine rings is 3. The Labute approximate surface area is 148 Å². The summed E-state index contributed by atoms with van der Waals surface area (Å²) in [4.78, 5) is 9.77. The molecule has 2 bridgehead atoms. The molecule has 0 amide bonds. The van der Waals surface area contributed by atoms with E-state index >= 15 is 0 Å². The minimum atomic E-state index is 0.481. The second-order valence-electron chi connectivity index (χ2n) is 7.51. The molecule has 4 saturated heterocycles. The lowest BCUT2D eigenvalue weighted by atomic mass is 9.75. The molecule has 3 atom stereocenters. The summed E-state index contributed by atoms with van der Waals surface area (Å²) in [5.74, 6) is 2.09. The molecule has 4 aliphatic rings. The minimum absolute atomic E-state index is 0.481. The highest BCUT2D eigenvalue weighted by Gasteiger charge is 2.53. The van der Waals surface area contributed by atoms with Crippen molar-refractivity contribution in [2.24, 2.45) is 5.92 Å². The van der Waals surface area contributed by atoms with Crippen molar-refractivity contribution in [3.8, 4) is 6.07 Å². The van der Waals surface area contributed by atoms with Crippen molar-refractivity contribution >= 4 is 5.82 Å². The number of benzene rings is 1. The van der Waals surface area contributed by atoms with Gasteiger partial charge in [0.2, 0.25) is 0 Å². The molecule has 0 radical (unpaired) electrons. The second-order valence-corrected chi connectivity index (χ2v) is 7.51. The van der Waals surface area contributed by atoms with Gasteiger partial charge in [0.15, 0.2) is 0 Å². The molecular weight excluding hydrogens is 308 g/mol. The van der Waals surface area contributed by atoms with Gasteiger partial charge in [-0.2, -0.15) is 5.26 Å². The molecule has 0 saturated carbocycles. The number of hydrogen-bond donors (Lipinski definition) is 0. The topological polar surface area (TPSA) is 43.2 Å². The fourth-order valence-corrected chi connectivity index (χ4v) is 5.37. The zero-order valence-corrected chi connectivity index (χ0v) is 14.3. The van der Waals surface area contributed by atoms with Crippen LogP contribution in [-0.4, -0.2) is 41.6 Å². The molecule has 25 heavy (non-hydrogen) atoms. The van der Waals surface area contributed by atoms with E-state index in [0.717, 1.165) is 18.3 Å². The molecule has 4 aliphatic heterocycles. The predicted octanol–water partition coefficient (Wildman–Crippen LogP) is 3.02. The van der Waals surface area contributed by atoms with Gasteiger partial charge < -0.3 is 4.90 Å². The van der Waals surface area contributed by atoms with Crippen LogP contribution in [0.1, 0.15) is 29.9 Å². The molecule has 126 valence electrons. The summed E-state index contributed by atoms with van der Waals surface area (Å²) in [7, 11) is 0. The van der Waals surface area contributed by atoms with Crippen molar-refractivity contribution in [1.82, 2.24) is 9.88 Å². The van der Waals surface area contributed by atoms with Gasteiger partial charge in [0.25, 0.3) is 0 Å². The first-order valence-corrected chi connectivity index (χ1v) is 9.27. The second kappa shape index (κ2) is 5.86. The molecule has 2 aromatic rings. The van der Waals surface area contributed by atoms with E-state index in [-0.39, 0.29) is 0 Å². The zero-order valence-electron chi connectivity index (χ0n) is 14.3. The largest absolute Gasteiger partial charge is 0.350 e. The molecular formula is C21H22N4. The number of nitriles is 1. The van der Waals surface area contributed by atoms with Gasteiger partial charge >= 0.3 is 0 Å². The van der Waals surface area contributed by atoms with Crippen molar-refractivity contribution in [3.05, 3.63) is 59.8 Å². The minimum Gasteiger partial charge on any atom is -0.350 e. The van der Waals surface area contributed by atoms with E-state index in [1.54, 1.807) is 0 Å². The number of hydrogen-bond acceptors (Lipinski definition) is 4. The van der Waals surface area contributed by atoms with Crippen LogP contribution in [0.2, 0.25) is 0 Å². The normalized spacial score (nSPS) is 33.1. The van der Waals surface area contributed by atoms with E-state index in [2.05, 4.69) is 51.2 Å². The molecule has 4 nitrogen and oxygen atoms in total. The average Bonchev–Trinajstić information content (AvgIpc) is 3.12. The van der Waals surface area contributed by atoms with Gasteiger partial charge in [-0.05, 0) is 49.5 Å². The van der Waals surface area contributed by atoms with Gasteiger partial charge in [0.1, 0.15) is 11.9 Å². The number of pyridine rings is 1. The van der Waals surface area contributed by atoms with Gasteiger partial charge in [0.05, 0.1) is 5.56 Å². The van der Waals surface area contributed by atoms with Gasteiger partial charge in [-0.25, -0.2) is 4.98 Å². The smallest absolute Gasteiger partial charge is 0.146 e. The lowest BCUT2D eigenvalue weighted by Crippen LogP contribution is -2.60. The standard InChI is InChI=1S/C21H22N4/c22-13-17-7-4-10-23-21(17)25-14-18(15-5-2-1-3-6-15)20-19(25)16-8-11-24(20)12-9-16/h1-7,10,16,18-20H,8-9,11-12,14H2/t18-,19+,20+/m0/s1. The van der Waals surface area contributed by atoms with Crippen LogP contribution in [0.25, 0.3) is 0 Å². The fourth-order valence-electron chi connectivity index (χ4n) is 5.37. The van der Waals surface area contributed by atoms with Gasteiger partial charge in [-0.1, -0.05) is 30.3 Å². The summed E-state index contributed by atoms with van der Waals surface area (Å²) in [5, 5.41) is 9.56. The number of anilines is 1. The summed E-state index contributed by atoms with van der Waals surface area (Å²) in [5.41, 5.74) is 2.12. The highest BCUT2D eigenvalue weighted by atomic mass is 15.3. The maximum Gasteiger partial charge on any atom is 0.146 e. The third-order valence-electron chi connectivity index (χ3n) is 6.40. The monoisotopic (exact) mass is 330 g/mol. The highest BCUT2D eigenvalue weighted by molar-refractivity contribution is 5.57. The summed E-state index contributed by atoms with van der Waals surface area (Å²) < 4.78 is 0. The molecule has 0 aliphatic carbocycles. The molecule has 0 spiro atoms. The zero-order chi connectivity index (χ0) is 16.8. The van der Waals surface area contributed by atoms with Gasteiger partial charge in [-0.15, -0.1) is 0 Å². The molecule has 1 aromatic carbocycles. The number of nitrogens with zero attached hydrogens (tertiary/aromatic N) is 4. The summed E-state index contributed by atoms with van der Waals surface area (Å²) in [6.07, 6.45) is 4.37. The van der Waals surface area contributed by atoms with Crippen LogP contribution in [0, 0.1) is 17.2 Å². The molecule has 1 aromatic heterocycles. The van der Waals surface area contributed by atoms with E-state index < -0.39 is 0 Å². The maximum absolute atomic E-state index is 9.56. The van der Waals surface area contributed by atoms with Crippen LogP contribution >= 0.6 is 0 Å². The van der Waals surface area contributed by atoms with Gasteiger partial charge in [-0.3, -0.25) is 4.90 Å². The quantitative estimate of drug-likeness (QED) is 0.849. The Kier molecular flexibility index (Phi) is 3.50. The third kappa shape index (κ3) is 2.26. The van der Waals surface area contributed by atoms with Crippen molar-refractivity contribution in [3.63, 3.8) is 0 Å². The van der Waals surface area contributed by atoms with Crippen LogP contribution in [-0.2, 0) is 0 Å². The Bertz CT molecular complexity index is 804. The fraction of sp³-hybridized carbons (Fsp3) is 0.429. The Balaban J connectivity index is 1.60. The molecule has 4 fully saturated rings. The van der Waals surface area contributed by atoms with E-state index in [1.807, 2.05) is 18.3 Å². The lowest BCUT2D eigenvalue weighted by Gasteiger charge is -2.51. The van der Waals surface area contributed by atoms with Crippen molar-refractivity contribution < 1.29 is 0 Å². The summed E-state index contributed by atoms with van der Waals surface area (Å²) in [6.45, 7) is 3.39. The molecule has 4 heteroatoms. The van der Waals surface area contributed by atoms with Crippen molar-refractivity contribution in [1.29, 1.82) is 5.26 Å². The first-order chi connectivity index (χ1) is 12.4. The van der Waals surface area contributed by atoms with E-state index in [9.17, 15) is 5.26 Å². The van der Waals surface area contributed by atoms with Crippen molar-refractivity contribution in [2.75, 3.05) is 24.5 Å².